The normalized spacial score (nSPS) is 10.9. The maximum absolute atomic E-state index is 11.4. The van der Waals surface area contributed by atoms with Gasteiger partial charge in [0.25, 0.3) is 0 Å². The first-order chi connectivity index (χ1) is 10.0. The molecule has 0 aliphatic heterocycles. The van der Waals surface area contributed by atoms with Crippen LogP contribution in [0, 0.1) is 6.92 Å². The quantitative estimate of drug-likeness (QED) is 0.517. The van der Waals surface area contributed by atoms with Crippen molar-refractivity contribution >= 4 is 51.9 Å². The van der Waals surface area contributed by atoms with E-state index < -0.39 is 5.97 Å². The lowest BCUT2D eigenvalue weighted by Gasteiger charge is -2.05. The van der Waals surface area contributed by atoms with Gasteiger partial charge in [-0.2, -0.15) is 5.10 Å². The predicted octanol–water partition coefficient (Wildman–Crippen LogP) is 3.99. The molecule has 0 saturated heterocycles. The molecule has 1 aromatic heterocycles. The molecule has 0 spiro atoms. The summed E-state index contributed by atoms with van der Waals surface area (Å²) < 4.78 is 4.62. The van der Waals surface area contributed by atoms with Gasteiger partial charge in [0, 0.05) is 10.9 Å². The number of aryl methyl sites for hydroxylation is 1. The molecule has 0 saturated carbocycles. The van der Waals surface area contributed by atoms with Crippen LogP contribution in [0.15, 0.2) is 22.6 Å². The lowest BCUT2D eigenvalue weighted by molar-refractivity contribution is 0.0600. The second kappa shape index (κ2) is 6.89. The summed E-state index contributed by atoms with van der Waals surface area (Å²) in [5, 5.41) is 7.22. The van der Waals surface area contributed by atoms with E-state index in [1.165, 1.54) is 36.8 Å². The average molecular weight is 344 g/mol. The van der Waals surface area contributed by atoms with E-state index in [-0.39, 0.29) is 5.56 Å². The molecule has 2 rings (SSSR count). The number of aromatic nitrogens is 1. The van der Waals surface area contributed by atoms with E-state index in [4.69, 9.17) is 23.2 Å². The van der Waals surface area contributed by atoms with Crippen LogP contribution >= 0.6 is 34.5 Å². The fourth-order valence-corrected chi connectivity index (χ4v) is 2.72. The molecule has 0 radical (unpaired) electrons. The average Bonchev–Trinajstić information content (AvgIpc) is 2.86. The van der Waals surface area contributed by atoms with Crippen molar-refractivity contribution in [3.63, 3.8) is 0 Å². The highest BCUT2D eigenvalue weighted by molar-refractivity contribution is 7.13. The Morgan fingerprint density at radius 2 is 2.10 bits per heavy atom. The van der Waals surface area contributed by atoms with Gasteiger partial charge in [0.05, 0.1) is 34.6 Å². The van der Waals surface area contributed by atoms with Crippen molar-refractivity contribution in [1.29, 1.82) is 0 Å². The van der Waals surface area contributed by atoms with E-state index in [1.807, 2.05) is 12.3 Å². The molecule has 0 aliphatic rings. The fourth-order valence-electron chi connectivity index (χ4n) is 1.50. The summed E-state index contributed by atoms with van der Waals surface area (Å²) in [4.78, 5) is 15.6. The van der Waals surface area contributed by atoms with E-state index in [0.29, 0.717) is 20.7 Å². The Bertz CT molecular complexity index is 677. The lowest BCUT2D eigenvalue weighted by Crippen LogP contribution is -2.02. The van der Waals surface area contributed by atoms with Crippen molar-refractivity contribution in [2.24, 2.45) is 5.10 Å². The number of hydrogen-bond acceptors (Lipinski definition) is 6. The summed E-state index contributed by atoms with van der Waals surface area (Å²) in [7, 11) is 1.29. The molecule has 0 unspecified atom stereocenters. The second-order valence-electron chi connectivity index (χ2n) is 4.01. The van der Waals surface area contributed by atoms with Crippen LogP contribution in [-0.4, -0.2) is 24.3 Å². The van der Waals surface area contributed by atoms with Crippen LogP contribution < -0.4 is 5.43 Å². The maximum atomic E-state index is 11.4. The molecule has 1 N–H and O–H groups in total. The molecule has 0 aliphatic carbocycles. The number of carbonyl (C=O) groups is 1. The van der Waals surface area contributed by atoms with Crippen molar-refractivity contribution < 1.29 is 9.53 Å². The van der Waals surface area contributed by atoms with Crippen molar-refractivity contribution in [3.05, 3.63) is 44.4 Å². The summed E-state index contributed by atoms with van der Waals surface area (Å²) in [6.07, 6.45) is 1.47. The van der Waals surface area contributed by atoms with Gasteiger partial charge in [-0.05, 0) is 19.1 Å². The summed E-state index contributed by atoms with van der Waals surface area (Å²) in [5.74, 6) is -0.501. The first kappa shape index (κ1) is 15.8. The Kier molecular flexibility index (Phi) is 5.17. The van der Waals surface area contributed by atoms with Crippen LogP contribution in [0.25, 0.3) is 0 Å². The third-order valence-corrected chi connectivity index (χ3v) is 3.96. The van der Waals surface area contributed by atoms with Gasteiger partial charge in [-0.25, -0.2) is 9.78 Å². The largest absolute Gasteiger partial charge is 0.465 e. The number of carbonyl (C=O) groups excluding carboxylic acids is 1. The minimum absolute atomic E-state index is 0.285. The predicted molar refractivity (Wildman–Crippen MR) is 85.9 cm³/mol. The van der Waals surface area contributed by atoms with Gasteiger partial charge in [-0.3, -0.25) is 5.43 Å². The Morgan fingerprint density at radius 1 is 1.43 bits per heavy atom. The zero-order valence-electron chi connectivity index (χ0n) is 11.2. The van der Waals surface area contributed by atoms with Crippen molar-refractivity contribution in [2.45, 2.75) is 6.92 Å². The number of hydrogen-bond donors (Lipinski definition) is 1. The minimum Gasteiger partial charge on any atom is -0.465 e. The number of nitrogens with zero attached hydrogens (tertiary/aromatic N) is 2. The summed E-state index contributed by atoms with van der Waals surface area (Å²) in [6.45, 7) is 1.89. The van der Waals surface area contributed by atoms with Gasteiger partial charge in [0.1, 0.15) is 0 Å². The number of benzene rings is 1. The number of halogens is 2. The number of methoxy groups -OCH3 is 1. The van der Waals surface area contributed by atoms with Gasteiger partial charge >= 0.3 is 5.97 Å². The Hall–Kier alpha value is -1.63. The zero-order valence-corrected chi connectivity index (χ0v) is 13.5. The topological polar surface area (TPSA) is 63.6 Å². The number of nitrogens with one attached hydrogen (secondary N) is 1. The molecule has 5 nitrogen and oxygen atoms in total. The molecule has 0 bridgehead atoms. The van der Waals surface area contributed by atoms with E-state index in [2.05, 4.69) is 20.2 Å². The van der Waals surface area contributed by atoms with E-state index in [9.17, 15) is 4.79 Å². The lowest BCUT2D eigenvalue weighted by atomic mass is 10.1. The standard InChI is InChI=1S/C13H11Cl2N3O2S/c1-7-6-21-13(17-7)18-16-5-9-10(14)3-8(4-11(9)15)12(19)20-2/h3-6H,1-2H3,(H,17,18). The molecule has 8 heteroatoms. The number of thiazole rings is 1. The molecular weight excluding hydrogens is 333 g/mol. The summed E-state index contributed by atoms with van der Waals surface area (Å²) in [5.41, 5.74) is 4.49. The van der Waals surface area contributed by atoms with Crippen LogP contribution in [0.4, 0.5) is 5.13 Å². The van der Waals surface area contributed by atoms with Crippen LogP contribution in [0.3, 0.4) is 0 Å². The van der Waals surface area contributed by atoms with E-state index >= 15 is 0 Å². The number of esters is 1. The van der Waals surface area contributed by atoms with Crippen molar-refractivity contribution in [1.82, 2.24) is 4.98 Å². The number of rotatable bonds is 4. The van der Waals surface area contributed by atoms with Crippen LogP contribution in [-0.2, 0) is 4.74 Å². The van der Waals surface area contributed by atoms with Gasteiger partial charge in [-0.15, -0.1) is 11.3 Å². The third-order valence-electron chi connectivity index (χ3n) is 2.47. The molecule has 0 atom stereocenters. The second-order valence-corrected chi connectivity index (χ2v) is 5.68. The summed E-state index contributed by atoms with van der Waals surface area (Å²) in [6, 6.07) is 2.96. The fraction of sp³-hybridized carbons (Fsp3) is 0.154. The van der Waals surface area contributed by atoms with Crippen LogP contribution in [0.2, 0.25) is 10.0 Å². The molecule has 1 heterocycles. The Balaban J connectivity index is 2.18. The van der Waals surface area contributed by atoms with Crippen LogP contribution in [0.5, 0.6) is 0 Å². The van der Waals surface area contributed by atoms with Gasteiger partial charge < -0.3 is 4.74 Å². The molecule has 1 aromatic carbocycles. The molecule has 110 valence electrons. The molecular formula is C13H11Cl2N3O2S. The molecule has 2 aromatic rings. The third kappa shape index (κ3) is 3.93. The Morgan fingerprint density at radius 3 is 2.62 bits per heavy atom. The number of ether oxygens (including phenoxy) is 1. The minimum atomic E-state index is -0.501. The van der Waals surface area contributed by atoms with Crippen LogP contribution in [0.1, 0.15) is 21.6 Å². The van der Waals surface area contributed by atoms with Gasteiger partial charge in [0.15, 0.2) is 0 Å². The summed E-state index contributed by atoms with van der Waals surface area (Å²) >= 11 is 13.6. The van der Waals surface area contributed by atoms with Gasteiger partial charge in [-0.1, -0.05) is 23.2 Å². The highest BCUT2D eigenvalue weighted by Crippen LogP contribution is 2.25. The monoisotopic (exact) mass is 343 g/mol. The van der Waals surface area contributed by atoms with Crippen molar-refractivity contribution in [3.8, 4) is 0 Å². The molecule has 0 amide bonds. The SMILES string of the molecule is COC(=O)c1cc(Cl)c(C=NNc2nc(C)cs2)c(Cl)c1. The first-order valence-corrected chi connectivity index (χ1v) is 7.43. The van der Waals surface area contributed by atoms with Crippen molar-refractivity contribution in [2.75, 3.05) is 12.5 Å². The number of hydrazone groups is 1. The molecule has 0 fully saturated rings. The van der Waals surface area contributed by atoms with E-state index in [1.54, 1.807) is 0 Å². The Labute approximate surface area is 135 Å². The molecule has 21 heavy (non-hydrogen) atoms. The maximum Gasteiger partial charge on any atom is 0.337 e. The van der Waals surface area contributed by atoms with E-state index in [0.717, 1.165) is 5.69 Å². The zero-order chi connectivity index (χ0) is 15.4. The smallest absolute Gasteiger partial charge is 0.337 e. The highest BCUT2D eigenvalue weighted by Gasteiger charge is 2.12. The first-order valence-electron chi connectivity index (χ1n) is 5.80. The van der Waals surface area contributed by atoms with Gasteiger partial charge in [0.2, 0.25) is 5.13 Å². The highest BCUT2D eigenvalue weighted by atomic mass is 35.5. The number of anilines is 1.